The third-order valence-corrected chi connectivity index (χ3v) is 6.71. The fraction of sp³-hybridized carbons (Fsp3) is 0.714. The summed E-state index contributed by atoms with van der Waals surface area (Å²) in [7, 11) is -1.77. The van der Waals surface area contributed by atoms with Gasteiger partial charge >= 0.3 is 11.8 Å². The van der Waals surface area contributed by atoms with Crippen molar-refractivity contribution in [2.75, 3.05) is 50.6 Å². The molecule has 2 rings (SSSR count). The van der Waals surface area contributed by atoms with E-state index in [4.69, 9.17) is 4.74 Å². The van der Waals surface area contributed by atoms with E-state index in [1.165, 1.54) is 12.0 Å². The predicted molar refractivity (Wildman–Crippen MR) is 93.2 cm³/mol. The van der Waals surface area contributed by atoms with Gasteiger partial charge in [-0.05, 0) is 6.42 Å². The highest BCUT2D eigenvalue weighted by atomic mass is 32.2. The molecule has 2 heterocycles. The molecule has 2 saturated heterocycles. The molecular formula is C14H21N3O7S2. The minimum absolute atomic E-state index is 0.0143. The Kier molecular flexibility index (Phi) is 7.01. The fourth-order valence-electron chi connectivity index (χ4n) is 2.75. The van der Waals surface area contributed by atoms with Crippen LogP contribution in [0.3, 0.4) is 0 Å². The summed E-state index contributed by atoms with van der Waals surface area (Å²) in [5.74, 6) is -2.21. The van der Waals surface area contributed by atoms with Crippen LogP contribution in [0.2, 0.25) is 0 Å². The van der Waals surface area contributed by atoms with Crippen LogP contribution in [0.5, 0.6) is 0 Å². The van der Waals surface area contributed by atoms with Gasteiger partial charge in [-0.2, -0.15) is 0 Å². The number of sulfone groups is 1. The molecule has 0 aromatic heterocycles. The number of rotatable bonds is 7. The van der Waals surface area contributed by atoms with E-state index >= 15 is 0 Å². The number of nitrogens with one attached hydrogen (secondary N) is 1. The number of ether oxygens (including phenoxy) is 1. The minimum atomic E-state index is -3.22. The quantitative estimate of drug-likeness (QED) is 0.503. The number of thioether (sulfide) groups is 1. The molecule has 0 aromatic rings. The van der Waals surface area contributed by atoms with E-state index in [0.717, 1.165) is 16.7 Å². The molecule has 146 valence electrons. The van der Waals surface area contributed by atoms with E-state index < -0.39 is 27.7 Å². The third kappa shape index (κ3) is 5.17. The number of carbonyl (C=O) groups is 4. The Labute approximate surface area is 155 Å². The molecule has 2 aliphatic rings. The molecule has 4 amide bonds. The van der Waals surface area contributed by atoms with E-state index in [-0.39, 0.29) is 61.1 Å². The van der Waals surface area contributed by atoms with Gasteiger partial charge in [0.25, 0.3) is 5.24 Å². The maximum Gasteiger partial charge on any atom is 0.312 e. The molecule has 12 heteroatoms. The van der Waals surface area contributed by atoms with Gasteiger partial charge in [-0.15, -0.1) is 0 Å². The average molecular weight is 407 g/mol. The molecule has 0 aromatic carbocycles. The van der Waals surface area contributed by atoms with E-state index in [1.807, 2.05) is 0 Å². The molecule has 1 N–H and O–H groups in total. The standard InChI is InChI=1S/C14H21N3O7S2/c1-24-6-5-16(10-2-7-26(22,23)9-10)13(20)12(19)15-3-4-17-11(18)8-25-14(17)21/h10H,2-9H2,1H3,(H,15,19). The van der Waals surface area contributed by atoms with Crippen LogP contribution in [0, 0.1) is 0 Å². The van der Waals surface area contributed by atoms with Gasteiger partial charge in [-0.3, -0.25) is 24.1 Å². The van der Waals surface area contributed by atoms with Crippen LogP contribution in [-0.2, 0) is 29.0 Å². The zero-order valence-corrected chi connectivity index (χ0v) is 15.9. The van der Waals surface area contributed by atoms with Crippen molar-refractivity contribution in [2.45, 2.75) is 12.5 Å². The first-order valence-electron chi connectivity index (χ1n) is 8.00. The summed E-state index contributed by atoms with van der Waals surface area (Å²) >= 11 is 0.888. The highest BCUT2D eigenvalue weighted by Crippen LogP contribution is 2.19. The lowest BCUT2D eigenvalue weighted by Crippen LogP contribution is -2.50. The first kappa shape index (κ1) is 20.6. The Morgan fingerprint density at radius 3 is 2.65 bits per heavy atom. The zero-order valence-electron chi connectivity index (χ0n) is 14.3. The fourth-order valence-corrected chi connectivity index (χ4v) is 5.23. The van der Waals surface area contributed by atoms with Crippen molar-refractivity contribution in [1.29, 1.82) is 0 Å². The number of methoxy groups -OCH3 is 1. The highest BCUT2D eigenvalue weighted by Gasteiger charge is 2.36. The number of hydrogen-bond donors (Lipinski definition) is 1. The lowest BCUT2D eigenvalue weighted by molar-refractivity contribution is -0.147. The van der Waals surface area contributed by atoms with Crippen molar-refractivity contribution in [3.63, 3.8) is 0 Å². The summed E-state index contributed by atoms with van der Waals surface area (Å²) in [6.45, 7) is 0.204. The van der Waals surface area contributed by atoms with E-state index in [2.05, 4.69) is 5.32 Å². The van der Waals surface area contributed by atoms with Gasteiger partial charge in [0, 0.05) is 32.8 Å². The van der Waals surface area contributed by atoms with Crippen LogP contribution < -0.4 is 5.32 Å². The van der Waals surface area contributed by atoms with Crippen LogP contribution in [0.4, 0.5) is 4.79 Å². The first-order chi connectivity index (χ1) is 12.2. The molecule has 0 radical (unpaired) electrons. The molecule has 1 atom stereocenters. The molecule has 2 fully saturated rings. The summed E-state index contributed by atoms with van der Waals surface area (Å²) < 4.78 is 28.2. The molecule has 0 saturated carbocycles. The first-order valence-corrected chi connectivity index (χ1v) is 10.8. The normalized spacial score (nSPS) is 21.9. The molecule has 0 aliphatic carbocycles. The van der Waals surface area contributed by atoms with Gasteiger partial charge in [0.1, 0.15) is 0 Å². The van der Waals surface area contributed by atoms with Crippen LogP contribution in [-0.4, -0.2) is 97.8 Å². The summed E-state index contributed by atoms with van der Waals surface area (Å²) in [4.78, 5) is 49.7. The van der Waals surface area contributed by atoms with Gasteiger partial charge in [0.15, 0.2) is 9.84 Å². The van der Waals surface area contributed by atoms with Gasteiger partial charge in [-0.25, -0.2) is 8.42 Å². The topological polar surface area (TPSA) is 130 Å². The number of imide groups is 1. The Hall–Kier alpha value is -1.66. The Bertz CT molecular complexity index is 679. The number of nitrogens with zero attached hydrogens (tertiary/aromatic N) is 2. The summed E-state index contributed by atoms with van der Waals surface area (Å²) in [6, 6.07) is -0.563. The molecule has 2 aliphatic heterocycles. The summed E-state index contributed by atoms with van der Waals surface area (Å²) in [6.07, 6.45) is 0.277. The Morgan fingerprint density at radius 1 is 1.38 bits per heavy atom. The van der Waals surface area contributed by atoms with E-state index in [1.54, 1.807) is 0 Å². The highest BCUT2D eigenvalue weighted by molar-refractivity contribution is 8.14. The zero-order chi connectivity index (χ0) is 19.3. The number of hydrogen-bond acceptors (Lipinski definition) is 8. The smallest absolute Gasteiger partial charge is 0.312 e. The maximum absolute atomic E-state index is 12.4. The average Bonchev–Trinajstić information content (AvgIpc) is 3.10. The van der Waals surface area contributed by atoms with Crippen LogP contribution in [0.25, 0.3) is 0 Å². The van der Waals surface area contributed by atoms with E-state index in [0.29, 0.717) is 0 Å². The van der Waals surface area contributed by atoms with Crippen molar-refractivity contribution in [2.24, 2.45) is 0 Å². The second kappa shape index (κ2) is 8.82. The molecule has 26 heavy (non-hydrogen) atoms. The second-order valence-electron chi connectivity index (χ2n) is 5.90. The van der Waals surface area contributed by atoms with Crippen molar-refractivity contribution in [3.8, 4) is 0 Å². The van der Waals surface area contributed by atoms with Crippen LogP contribution >= 0.6 is 11.8 Å². The van der Waals surface area contributed by atoms with Crippen molar-refractivity contribution in [1.82, 2.24) is 15.1 Å². The van der Waals surface area contributed by atoms with Gasteiger partial charge < -0.3 is 15.0 Å². The summed E-state index contributed by atoms with van der Waals surface area (Å²) in [5, 5.41) is 1.99. The third-order valence-electron chi connectivity index (χ3n) is 4.10. The Balaban J connectivity index is 1.91. The SMILES string of the molecule is COCCN(C(=O)C(=O)NCCN1C(=O)CSC1=O)C1CCS(=O)(=O)C1. The lowest BCUT2D eigenvalue weighted by Gasteiger charge is -2.27. The van der Waals surface area contributed by atoms with E-state index in [9.17, 15) is 27.6 Å². The van der Waals surface area contributed by atoms with Gasteiger partial charge in [-0.1, -0.05) is 11.8 Å². The minimum Gasteiger partial charge on any atom is -0.383 e. The molecule has 0 spiro atoms. The second-order valence-corrected chi connectivity index (χ2v) is 9.06. The number of amides is 4. The maximum atomic E-state index is 12.4. The largest absolute Gasteiger partial charge is 0.383 e. The molecule has 0 bridgehead atoms. The van der Waals surface area contributed by atoms with Crippen molar-refractivity contribution < 1.29 is 32.3 Å². The summed E-state index contributed by atoms with van der Waals surface area (Å²) in [5.41, 5.74) is 0. The Morgan fingerprint density at radius 2 is 2.12 bits per heavy atom. The predicted octanol–water partition coefficient (Wildman–Crippen LogP) is -1.54. The monoisotopic (exact) mass is 407 g/mol. The van der Waals surface area contributed by atoms with Crippen LogP contribution in [0.15, 0.2) is 0 Å². The molecule has 10 nitrogen and oxygen atoms in total. The molecule has 1 unspecified atom stereocenters. The van der Waals surface area contributed by atoms with Gasteiger partial charge in [0.05, 0.1) is 23.9 Å². The lowest BCUT2D eigenvalue weighted by atomic mass is 10.2. The van der Waals surface area contributed by atoms with Crippen molar-refractivity contribution >= 4 is 44.6 Å². The molecular weight excluding hydrogens is 386 g/mol. The van der Waals surface area contributed by atoms with Crippen LogP contribution in [0.1, 0.15) is 6.42 Å². The van der Waals surface area contributed by atoms with Gasteiger partial charge in [0.2, 0.25) is 5.91 Å². The number of carbonyl (C=O) groups excluding carboxylic acids is 4. The van der Waals surface area contributed by atoms with Crippen molar-refractivity contribution in [3.05, 3.63) is 0 Å².